The zero-order valence-corrected chi connectivity index (χ0v) is 14.4. The maximum absolute atomic E-state index is 12.1. The topological polar surface area (TPSA) is 84.7 Å². The number of hydrogen-bond acceptors (Lipinski definition) is 6. The van der Waals surface area contributed by atoms with Gasteiger partial charge in [0.05, 0.1) is 5.56 Å². The summed E-state index contributed by atoms with van der Waals surface area (Å²) in [5.74, 6) is 1.27. The summed E-state index contributed by atoms with van der Waals surface area (Å²) in [5.41, 5.74) is 2.24. The van der Waals surface area contributed by atoms with E-state index >= 15 is 0 Å². The Bertz CT molecular complexity index is 997. The second kappa shape index (κ2) is 7.16. The normalized spacial score (nSPS) is 10.5. The molecule has 0 spiro atoms. The summed E-state index contributed by atoms with van der Waals surface area (Å²) >= 11 is 1.49. The van der Waals surface area contributed by atoms with Gasteiger partial charge in [-0.2, -0.15) is 11.3 Å². The Hall–Kier alpha value is -3.52. The van der Waals surface area contributed by atoms with E-state index < -0.39 is 0 Å². The highest BCUT2D eigenvalue weighted by Crippen LogP contribution is 2.19. The molecular formula is C18H14N6OS. The molecule has 3 heterocycles. The number of anilines is 3. The standard InChI is InChI=1S/C18H14N6OS/c25-18(13-5-8-26-10-13)23-15-3-1-14(2-4-15)22-16-9-17(21-11-20-16)24-7-6-19-12-24/h1-12H,(H,23,25)(H,20,21,22). The van der Waals surface area contributed by atoms with Crippen LogP contribution in [-0.4, -0.2) is 25.4 Å². The number of nitrogens with one attached hydrogen (secondary N) is 2. The van der Waals surface area contributed by atoms with Gasteiger partial charge in [-0.1, -0.05) is 0 Å². The third kappa shape index (κ3) is 3.60. The average Bonchev–Trinajstić information content (AvgIpc) is 3.38. The molecule has 1 amide bonds. The van der Waals surface area contributed by atoms with Gasteiger partial charge in [-0.25, -0.2) is 15.0 Å². The monoisotopic (exact) mass is 362 g/mol. The lowest BCUT2D eigenvalue weighted by Gasteiger charge is -2.09. The van der Waals surface area contributed by atoms with Crippen LogP contribution in [0.25, 0.3) is 5.82 Å². The van der Waals surface area contributed by atoms with Crippen molar-refractivity contribution in [2.45, 2.75) is 0 Å². The molecule has 3 aromatic heterocycles. The van der Waals surface area contributed by atoms with E-state index in [0.29, 0.717) is 11.4 Å². The smallest absolute Gasteiger partial charge is 0.256 e. The van der Waals surface area contributed by atoms with E-state index in [0.717, 1.165) is 17.2 Å². The van der Waals surface area contributed by atoms with Crippen LogP contribution in [-0.2, 0) is 0 Å². The molecular weight excluding hydrogens is 348 g/mol. The zero-order chi connectivity index (χ0) is 17.8. The van der Waals surface area contributed by atoms with Crippen LogP contribution < -0.4 is 10.6 Å². The van der Waals surface area contributed by atoms with Gasteiger partial charge in [0.2, 0.25) is 0 Å². The van der Waals surface area contributed by atoms with E-state index in [4.69, 9.17) is 0 Å². The lowest BCUT2D eigenvalue weighted by atomic mass is 10.2. The van der Waals surface area contributed by atoms with E-state index in [1.165, 1.54) is 17.7 Å². The number of carbonyl (C=O) groups is 1. The second-order valence-electron chi connectivity index (χ2n) is 5.40. The molecule has 0 saturated heterocycles. The molecule has 4 rings (SSSR count). The number of hydrogen-bond donors (Lipinski definition) is 2. The van der Waals surface area contributed by atoms with Crippen LogP contribution in [0.2, 0.25) is 0 Å². The summed E-state index contributed by atoms with van der Waals surface area (Å²) in [6, 6.07) is 11.1. The summed E-state index contributed by atoms with van der Waals surface area (Å²) in [4.78, 5) is 24.5. The number of rotatable bonds is 5. The number of nitrogens with zero attached hydrogens (tertiary/aromatic N) is 4. The molecule has 128 valence electrons. The maximum atomic E-state index is 12.1. The molecule has 0 aliphatic carbocycles. The Kier molecular flexibility index (Phi) is 4.40. The van der Waals surface area contributed by atoms with Crippen molar-refractivity contribution < 1.29 is 4.79 Å². The van der Waals surface area contributed by atoms with E-state index in [1.54, 1.807) is 23.2 Å². The minimum absolute atomic E-state index is 0.118. The highest BCUT2D eigenvalue weighted by atomic mass is 32.1. The summed E-state index contributed by atoms with van der Waals surface area (Å²) in [6.07, 6.45) is 6.68. The number of aromatic nitrogens is 4. The summed E-state index contributed by atoms with van der Waals surface area (Å²) < 4.78 is 1.80. The zero-order valence-electron chi connectivity index (χ0n) is 13.5. The molecule has 0 radical (unpaired) electrons. The highest BCUT2D eigenvalue weighted by molar-refractivity contribution is 7.08. The van der Waals surface area contributed by atoms with Crippen molar-refractivity contribution in [2.24, 2.45) is 0 Å². The summed E-state index contributed by atoms with van der Waals surface area (Å²) in [5, 5.41) is 9.78. The number of carbonyl (C=O) groups excluding carboxylic acids is 1. The molecule has 0 bridgehead atoms. The largest absolute Gasteiger partial charge is 0.340 e. The van der Waals surface area contributed by atoms with Crippen LogP contribution in [0.15, 0.2) is 72.2 Å². The first-order valence-corrected chi connectivity index (χ1v) is 8.73. The minimum atomic E-state index is -0.118. The van der Waals surface area contributed by atoms with Crippen molar-refractivity contribution in [3.05, 3.63) is 77.8 Å². The molecule has 0 saturated carbocycles. The molecule has 4 aromatic rings. The number of thiophene rings is 1. The first-order chi connectivity index (χ1) is 12.8. The first kappa shape index (κ1) is 16.0. The second-order valence-corrected chi connectivity index (χ2v) is 6.18. The van der Waals surface area contributed by atoms with Gasteiger partial charge in [-0.3, -0.25) is 9.36 Å². The predicted octanol–water partition coefficient (Wildman–Crippen LogP) is 3.72. The van der Waals surface area contributed by atoms with Crippen LogP contribution in [0.5, 0.6) is 0 Å². The third-order valence-corrected chi connectivity index (χ3v) is 4.30. The third-order valence-electron chi connectivity index (χ3n) is 3.62. The molecule has 0 fully saturated rings. The quantitative estimate of drug-likeness (QED) is 0.565. The van der Waals surface area contributed by atoms with E-state index in [-0.39, 0.29) is 5.91 Å². The van der Waals surface area contributed by atoms with E-state index in [1.807, 2.05) is 47.3 Å². The fourth-order valence-corrected chi connectivity index (χ4v) is 2.97. The average molecular weight is 362 g/mol. The molecule has 0 aliphatic heterocycles. The van der Waals surface area contributed by atoms with Gasteiger partial charge in [0.15, 0.2) is 0 Å². The maximum Gasteiger partial charge on any atom is 0.256 e. The van der Waals surface area contributed by atoms with Crippen molar-refractivity contribution in [1.82, 2.24) is 19.5 Å². The fourth-order valence-electron chi connectivity index (χ4n) is 2.33. The Balaban J connectivity index is 1.44. The predicted molar refractivity (Wildman–Crippen MR) is 101 cm³/mol. The van der Waals surface area contributed by atoms with Gasteiger partial charge >= 0.3 is 0 Å². The lowest BCUT2D eigenvalue weighted by molar-refractivity contribution is 0.102. The molecule has 7 nitrogen and oxygen atoms in total. The van der Waals surface area contributed by atoms with Crippen molar-refractivity contribution in [1.29, 1.82) is 0 Å². The lowest BCUT2D eigenvalue weighted by Crippen LogP contribution is -2.10. The molecule has 0 unspecified atom stereocenters. The summed E-state index contributed by atoms with van der Waals surface area (Å²) in [6.45, 7) is 0. The SMILES string of the molecule is O=C(Nc1ccc(Nc2cc(-n3ccnc3)ncn2)cc1)c1ccsc1. The molecule has 0 aliphatic rings. The Morgan fingerprint density at radius 1 is 1.08 bits per heavy atom. The van der Waals surface area contributed by atoms with Gasteiger partial charge in [0.1, 0.15) is 24.3 Å². The Morgan fingerprint density at radius 2 is 1.92 bits per heavy atom. The first-order valence-electron chi connectivity index (χ1n) is 7.79. The highest BCUT2D eigenvalue weighted by Gasteiger charge is 2.06. The molecule has 26 heavy (non-hydrogen) atoms. The number of amides is 1. The summed E-state index contributed by atoms with van der Waals surface area (Å²) in [7, 11) is 0. The molecule has 1 aromatic carbocycles. The van der Waals surface area contributed by atoms with Gasteiger partial charge in [0.25, 0.3) is 5.91 Å². The van der Waals surface area contributed by atoms with Crippen LogP contribution >= 0.6 is 11.3 Å². The van der Waals surface area contributed by atoms with Crippen LogP contribution in [0.1, 0.15) is 10.4 Å². The van der Waals surface area contributed by atoms with Crippen LogP contribution in [0.3, 0.4) is 0 Å². The van der Waals surface area contributed by atoms with Crippen molar-refractivity contribution in [3.8, 4) is 5.82 Å². The number of benzene rings is 1. The van der Waals surface area contributed by atoms with Crippen molar-refractivity contribution in [3.63, 3.8) is 0 Å². The van der Waals surface area contributed by atoms with Crippen molar-refractivity contribution >= 4 is 34.4 Å². The fraction of sp³-hybridized carbons (Fsp3) is 0. The Morgan fingerprint density at radius 3 is 2.65 bits per heavy atom. The van der Waals surface area contributed by atoms with Gasteiger partial charge in [-0.05, 0) is 35.7 Å². The van der Waals surface area contributed by atoms with Gasteiger partial charge in [-0.15, -0.1) is 0 Å². The molecule has 0 atom stereocenters. The Labute approximate surface area is 153 Å². The van der Waals surface area contributed by atoms with Crippen LogP contribution in [0.4, 0.5) is 17.2 Å². The molecule has 8 heteroatoms. The van der Waals surface area contributed by atoms with Crippen LogP contribution in [0, 0.1) is 0 Å². The van der Waals surface area contributed by atoms with E-state index in [9.17, 15) is 4.79 Å². The van der Waals surface area contributed by atoms with Gasteiger partial charge in [0, 0.05) is 35.2 Å². The number of imidazole rings is 1. The minimum Gasteiger partial charge on any atom is -0.340 e. The van der Waals surface area contributed by atoms with Gasteiger partial charge < -0.3 is 10.6 Å². The van der Waals surface area contributed by atoms with E-state index in [2.05, 4.69) is 25.6 Å². The molecule has 2 N–H and O–H groups in total. The van der Waals surface area contributed by atoms with Crippen molar-refractivity contribution in [2.75, 3.05) is 10.6 Å².